The third kappa shape index (κ3) is 1.41. The molecular weight excluding hydrogens is 234 g/mol. The van der Waals surface area contributed by atoms with E-state index in [2.05, 4.69) is 5.16 Å². The summed E-state index contributed by atoms with van der Waals surface area (Å²) in [5.41, 5.74) is 2.46. The summed E-state index contributed by atoms with van der Waals surface area (Å²) >= 11 is 0. The number of furan rings is 1. The number of hydrogen-bond donors (Lipinski definition) is 1. The summed E-state index contributed by atoms with van der Waals surface area (Å²) in [6, 6.07) is 7.48. The number of carboxylic acid groups (broad SMARTS) is 1. The van der Waals surface area contributed by atoms with Crippen LogP contribution >= 0.6 is 0 Å². The van der Waals surface area contributed by atoms with E-state index in [1.807, 2.05) is 24.3 Å². The lowest BCUT2D eigenvalue weighted by Gasteiger charge is -1.93. The Balaban J connectivity index is 2.24. The Morgan fingerprint density at radius 2 is 2.11 bits per heavy atom. The number of nitrogens with zero attached hydrogens (tertiary/aromatic N) is 1. The predicted molar refractivity (Wildman–Crippen MR) is 63.4 cm³/mol. The molecule has 0 aliphatic heterocycles. The van der Waals surface area contributed by atoms with Gasteiger partial charge >= 0.3 is 5.97 Å². The highest BCUT2D eigenvalue weighted by Crippen LogP contribution is 2.32. The maximum absolute atomic E-state index is 10.9. The van der Waals surface area contributed by atoms with E-state index in [9.17, 15) is 4.79 Å². The van der Waals surface area contributed by atoms with Crippen LogP contribution in [-0.2, 0) is 0 Å². The standard InChI is InChI=1S/C13H9NO4/c1-7-11(14-18-12(7)13(15)16)9-6-17-10-5-3-2-4-8(9)10/h2-6H,1H3,(H,15,16). The first-order valence-corrected chi connectivity index (χ1v) is 5.34. The number of rotatable bonds is 2. The predicted octanol–water partition coefficient (Wildman–Crippen LogP) is 3.09. The molecule has 0 atom stereocenters. The molecule has 0 amide bonds. The van der Waals surface area contributed by atoms with Crippen molar-refractivity contribution < 1.29 is 18.8 Å². The minimum Gasteiger partial charge on any atom is -0.475 e. The average Bonchev–Trinajstić information content (AvgIpc) is 2.92. The number of benzene rings is 1. The summed E-state index contributed by atoms with van der Waals surface area (Å²) < 4.78 is 10.2. The van der Waals surface area contributed by atoms with Gasteiger partial charge in [-0.2, -0.15) is 0 Å². The molecule has 5 heteroatoms. The van der Waals surface area contributed by atoms with Gasteiger partial charge in [-0.25, -0.2) is 4.79 Å². The van der Waals surface area contributed by atoms with Crippen molar-refractivity contribution in [2.45, 2.75) is 6.92 Å². The molecule has 0 aliphatic carbocycles. The van der Waals surface area contributed by atoms with Crippen LogP contribution in [0, 0.1) is 6.92 Å². The fourth-order valence-corrected chi connectivity index (χ4v) is 1.95. The molecule has 1 aromatic carbocycles. The van der Waals surface area contributed by atoms with Crippen molar-refractivity contribution in [1.29, 1.82) is 0 Å². The van der Waals surface area contributed by atoms with Gasteiger partial charge in [0, 0.05) is 10.9 Å². The second-order valence-corrected chi connectivity index (χ2v) is 3.94. The number of hydrogen-bond acceptors (Lipinski definition) is 4. The zero-order chi connectivity index (χ0) is 12.7. The molecule has 18 heavy (non-hydrogen) atoms. The van der Waals surface area contributed by atoms with Crippen molar-refractivity contribution in [1.82, 2.24) is 5.16 Å². The van der Waals surface area contributed by atoms with Gasteiger partial charge < -0.3 is 14.0 Å². The summed E-state index contributed by atoms with van der Waals surface area (Å²) in [6.07, 6.45) is 1.56. The lowest BCUT2D eigenvalue weighted by atomic mass is 10.1. The SMILES string of the molecule is Cc1c(-c2coc3ccccc23)noc1C(=O)O. The van der Waals surface area contributed by atoms with E-state index in [0.717, 1.165) is 16.5 Å². The Bertz CT molecular complexity index is 738. The Morgan fingerprint density at radius 3 is 2.83 bits per heavy atom. The molecular formula is C13H9NO4. The van der Waals surface area contributed by atoms with Crippen LogP contribution < -0.4 is 0 Å². The van der Waals surface area contributed by atoms with Gasteiger partial charge in [0.25, 0.3) is 0 Å². The van der Waals surface area contributed by atoms with Gasteiger partial charge in [0.1, 0.15) is 17.5 Å². The van der Waals surface area contributed by atoms with E-state index in [0.29, 0.717) is 11.3 Å². The van der Waals surface area contributed by atoms with Crippen molar-refractivity contribution in [2.24, 2.45) is 0 Å². The number of carbonyl (C=O) groups is 1. The van der Waals surface area contributed by atoms with Crippen LogP contribution in [0.25, 0.3) is 22.2 Å². The monoisotopic (exact) mass is 243 g/mol. The molecule has 0 radical (unpaired) electrons. The molecule has 0 unspecified atom stereocenters. The zero-order valence-corrected chi connectivity index (χ0v) is 9.51. The second-order valence-electron chi connectivity index (χ2n) is 3.94. The summed E-state index contributed by atoms with van der Waals surface area (Å²) in [4.78, 5) is 10.9. The maximum atomic E-state index is 10.9. The molecule has 1 N–H and O–H groups in total. The first-order valence-electron chi connectivity index (χ1n) is 5.34. The van der Waals surface area contributed by atoms with Crippen LogP contribution in [0.3, 0.4) is 0 Å². The van der Waals surface area contributed by atoms with Gasteiger partial charge in [-0.3, -0.25) is 0 Å². The van der Waals surface area contributed by atoms with Crippen LogP contribution in [0.15, 0.2) is 39.5 Å². The van der Waals surface area contributed by atoms with Gasteiger partial charge in [0.05, 0.1) is 5.56 Å². The van der Waals surface area contributed by atoms with Crippen molar-refractivity contribution in [3.63, 3.8) is 0 Å². The van der Waals surface area contributed by atoms with Gasteiger partial charge in [-0.15, -0.1) is 0 Å². The van der Waals surface area contributed by atoms with Crippen LogP contribution in [0.4, 0.5) is 0 Å². The molecule has 3 rings (SSSR count). The zero-order valence-electron chi connectivity index (χ0n) is 9.51. The summed E-state index contributed by atoms with van der Waals surface area (Å²) in [6.45, 7) is 1.66. The minimum atomic E-state index is -1.13. The Labute approximate surface area is 102 Å². The maximum Gasteiger partial charge on any atom is 0.375 e. The number of fused-ring (bicyclic) bond motifs is 1. The average molecular weight is 243 g/mol. The van der Waals surface area contributed by atoms with E-state index in [4.69, 9.17) is 14.0 Å². The van der Waals surface area contributed by atoms with E-state index in [-0.39, 0.29) is 5.76 Å². The van der Waals surface area contributed by atoms with E-state index >= 15 is 0 Å². The minimum absolute atomic E-state index is 0.143. The lowest BCUT2D eigenvalue weighted by molar-refractivity contribution is 0.0651. The molecule has 5 nitrogen and oxygen atoms in total. The Morgan fingerprint density at radius 1 is 1.33 bits per heavy atom. The molecule has 0 saturated heterocycles. The van der Waals surface area contributed by atoms with Crippen LogP contribution in [0.1, 0.15) is 16.1 Å². The second kappa shape index (κ2) is 3.73. The van der Waals surface area contributed by atoms with Crippen molar-refractivity contribution in [3.05, 3.63) is 41.9 Å². The molecule has 0 spiro atoms. The third-order valence-electron chi connectivity index (χ3n) is 2.85. The number of para-hydroxylation sites is 1. The van der Waals surface area contributed by atoms with Gasteiger partial charge in [-0.1, -0.05) is 23.4 Å². The Hall–Kier alpha value is -2.56. The normalized spacial score (nSPS) is 10.9. The van der Waals surface area contributed by atoms with E-state index < -0.39 is 5.97 Å². The molecule has 2 aromatic heterocycles. The number of aromatic nitrogens is 1. The summed E-state index contributed by atoms with van der Waals surface area (Å²) in [7, 11) is 0. The van der Waals surface area contributed by atoms with Gasteiger partial charge in [0.15, 0.2) is 0 Å². The topological polar surface area (TPSA) is 76.5 Å². The highest BCUT2D eigenvalue weighted by molar-refractivity contribution is 5.95. The van der Waals surface area contributed by atoms with Gasteiger partial charge in [0.2, 0.25) is 5.76 Å². The fourth-order valence-electron chi connectivity index (χ4n) is 1.95. The quantitative estimate of drug-likeness (QED) is 0.748. The largest absolute Gasteiger partial charge is 0.475 e. The summed E-state index contributed by atoms with van der Waals surface area (Å²) in [5, 5.41) is 13.6. The molecule has 0 fully saturated rings. The molecule has 0 bridgehead atoms. The first-order chi connectivity index (χ1) is 8.68. The molecule has 0 aliphatic rings. The number of aromatic carboxylic acids is 1. The highest BCUT2D eigenvalue weighted by Gasteiger charge is 2.21. The van der Waals surface area contributed by atoms with Crippen LogP contribution in [-0.4, -0.2) is 16.2 Å². The van der Waals surface area contributed by atoms with Crippen LogP contribution in [0.2, 0.25) is 0 Å². The third-order valence-corrected chi connectivity index (χ3v) is 2.85. The lowest BCUT2D eigenvalue weighted by Crippen LogP contribution is -1.95. The van der Waals surface area contributed by atoms with Gasteiger partial charge in [-0.05, 0) is 13.0 Å². The Kier molecular flexibility index (Phi) is 2.19. The number of carboxylic acids is 1. The summed E-state index contributed by atoms with van der Waals surface area (Å²) in [5.74, 6) is -1.27. The van der Waals surface area contributed by atoms with E-state index in [1.165, 1.54) is 0 Å². The van der Waals surface area contributed by atoms with Crippen molar-refractivity contribution in [3.8, 4) is 11.3 Å². The first kappa shape index (κ1) is 10.6. The smallest absolute Gasteiger partial charge is 0.375 e. The van der Waals surface area contributed by atoms with E-state index in [1.54, 1.807) is 13.2 Å². The van der Waals surface area contributed by atoms with Crippen LogP contribution in [0.5, 0.6) is 0 Å². The van der Waals surface area contributed by atoms with Crippen molar-refractivity contribution in [2.75, 3.05) is 0 Å². The fraction of sp³-hybridized carbons (Fsp3) is 0.0769. The molecule has 2 heterocycles. The molecule has 3 aromatic rings. The molecule has 0 saturated carbocycles. The highest BCUT2D eigenvalue weighted by atomic mass is 16.5. The van der Waals surface area contributed by atoms with Crippen molar-refractivity contribution >= 4 is 16.9 Å². The molecule has 90 valence electrons.